The van der Waals surface area contributed by atoms with Crippen LogP contribution in [-0.4, -0.2) is 66.5 Å². The fourth-order valence-corrected chi connectivity index (χ4v) is 4.42. The van der Waals surface area contributed by atoms with Crippen molar-refractivity contribution in [3.8, 4) is 11.4 Å². The molecule has 0 saturated heterocycles. The van der Waals surface area contributed by atoms with Crippen LogP contribution in [0.3, 0.4) is 0 Å². The normalized spacial score (nSPS) is 15.4. The van der Waals surface area contributed by atoms with E-state index in [1.165, 1.54) is 0 Å². The molecule has 7 nitrogen and oxygen atoms in total. The van der Waals surface area contributed by atoms with Gasteiger partial charge in [-0.2, -0.15) is 0 Å². The monoisotopic (exact) mass is 460 g/mol. The molecular formula is C27H32N4O3. The lowest BCUT2D eigenvalue weighted by molar-refractivity contribution is -0.116. The molecule has 7 heteroatoms. The number of hydrogen-bond acceptors (Lipinski definition) is 4. The van der Waals surface area contributed by atoms with Crippen molar-refractivity contribution in [2.75, 3.05) is 45.2 Å². The molecule has 0 saturated carbocycles. The van der Waals surface area contributed by atoms with Gasteiger partial charge in [0, 0.05) is 56.7 Å². The molecule has 1 aliphatic rings. The van der Waals surface area contributed by atoms with Crippen molar-refractivity contribution in [1.29, 1.82) is 0 Å². The van der Waals surface area contributed by atoms with Crippen LogP contribution in [0.2, 0.25) is 0 Å². The van der Waals surface area contributed by atoms with Gasteiger partial charge >= 0.3 is 0 Å². The first kappa shape index (κ1) is 23.6. The molecular weight excluding hydrogens is 428 g/mol. The maximum atomic E-state index is 13.8. The Balaban J connectivity index is 1.71. The Hall–Kier alpha value is -3.58. The fraction of sp³-hybridized carbons (Fsp3) is 0.333. The van der Waals surface area contributed by atoms with Crippen LogP contribution >= 0.6 is 0 Å². The number of likely N-dealkylation sites (N-methyl/N-ethyl adjacent to an activating group) is 1. The second-order valence-electron chi connectivity index (χ2n) is 8.66. The van der Waals surface area contributed by atoms with E-state index in [1.807, 2.05) is 81.4 Å². The Morgan fingerprint density at radius 1 is 0.882 bits per heavy atom. The molecule has 0 unspecified atom stereocenters. The quantitative estimate of drug-likeness (QED) is 0.596. The van der Waals surface area contributed by atoms with Crippen molar-refractivity contribution in [2.24, 2.45) is 0 Å². The number of aromatic nitrogens is 1. The molecule has 2 aromatic carbocycles. The lowest BCUT2D eigenvalue weighted by Gasteiger charge is -2.27. The van der Waals surface area contributed by atoms with Crippen molar-refractivity contribution in [3.05, 3.63) is 78.1 Å². The lowest BCUT2D eigenvalue weighted by atomic mass is 10.1. The number of benzene rings is 2. The standard InChI is InChI=1S/C27H32N4O3/c1-21(32)31-16-8-13-28(2)17-18-30(20-23-9-4-5-10-24(23)31)27(33)22-11-12-26(34-3)25(19-22)29-14-6-7-15-29/h4-7,9-12,14-15,19H,8,13,16-18,20H2,1-3H3. The van der Waals surface area contributed by atoms with Crippen molar-refractivity contribution in [3.63, 3.8) is 0 Å². The van der Waals surface area contributed by atoms with E-state index in [4.69, 9.17) is 4.74 Å². The van der Waals surface area contributed by atoms with Crippen LogP contribution in [0.25, 0.3) is 5.69 Å². The molecule has 0 N–H and O–H groups in total. The van der Waals surface area contributed by atoms with Gasteiger partial charge in [0.05, 0.1) is 12.8 Å². The van der Waals surface area contributed by atoms with Gasteiger partial charge in [0.15, 0.2) is 0 Å². The largest absolute Gasteiger partial charge is 0.495 e. The SMILES string of the molecule is COc1ccc(C(=O)N2CCN(C)CCCN(C(C)=O)c3ccccc3C2)cc1-n1cccc1. The van der Waals surface area contributed by atoms with Crippen molar-refractivity contribution in [1.82, 2.24) is 14.4 Å². The van der Waals surface area contributed by atoms with Crippen molar-refractivity contribution < 1.29 is 14.3 Å². The second-order valence-corrected chi connectivity index (χ2v) is 8.66. The van der Waals surface area contributed by atoms with Gasteiger partial charge in [-0.3, -0.25) is 9.59 Å². The molecule has 0 atom stereocenters. The van der Waals surface area contributed by atoms with Gasteiger partial charge in [-0.1, -0.05) is 18.2 Å². The Kier molecular flexibility index (Phi) is 7.33. The highest BCUT2D eigenvalue weighted by Gasteiger charge is 2.23. The third-order valence-corrected chi connectivity index (χ3v) is 6.29. The molecule has 4 rings (SSSR count). The summed E-state index contributed by atoms with van der Waals surface area (Å²) in [6.45, 7) is 4.89. The Morgan fingerprint density at radius 3 is 2.38 bits per heavy atom. The smallest absolute Gasteiger partial charge is 0.254 e. The molecule has 3 aromatic rings. The molecule has 0 aliphatic carbocycles. The highest BCUT2D eigenvalue weighted by Crippen LogP contribution is 2.27. The van der Waals surface area contributed by atoms with Crippen molar-refractivity contribution >= 4 is 17.5 Å². The van der Waals surface area contributed by atoms with E-state index in [0.717, 1.165) is 36.4 Å². The van der Waals surface area contributed by atoms with Crippen LogP contribution in [0, 0.1) is 0 Å². The molecule has 2 heterocycles. The van der Waals surface area contributed by atoms with Crippen LogP contribution < -0.4 is 9.64 Å². The number of amides is 2. The number of anilines is 1. The molecule has 178 valence electrons. The van der Waals surface area contributed by atoms with Gasteiger partial charge in [0.1, 0.15) is 5.75 Å². The van der Waals surface area contributed by atoms with E-state index < -0.39 is 0 Å². The molecule has 1 aliphatic heterocycles. The number of carbonyl (C=O) groups is 2. The number of carbonyl (C=O) groups excluding carboxylic acids is 2. The van der Waals surface area contributed by atoms with Gasteiger partial charge in [-0.05, 0) is 62.0 Å². The molecule has 0 radical (unpaired) electrons. The Labute approximate surface area is 201 Å². The predicted octanol–water partition coefficient (Wildman–Crippen LogP) is 3.82. The third-order valence-electron chi connectivity index (χ3n) is 6.29. The summed E-state index contributed by atoms with van der Waals surface area (Å²) in [5.74, 6) is 0.666. The fourth-order valence-electron chi connectivity index (χ4n) is 4.42. The molecule has 34 heavy (non-hydrogen) atoms. The van der Waals surface area contributed by atoms with Crippen molar-refractivity contribution in [2.45, 2.75) is 19.9 Å². The minimum absolute atomic E-state index is 0.0127. The zero-order valence-electron chi connectivity index (χ0n) is 20.1. The van der Waals surface area contributed by atoms with E-state index in [9.17, 15) is 9.59 Å². The number of para-hydroxylation sites is 1. The maximum Gasteiger partial charge on any atom is 0.254 e. The lowest BCUT2D eigenvalue weighted by Crippen LogP contribution is -2.37. The topological polar surface area (TPSA) is 58.0 Å². The summed E-state index contributed by atoms with van der Waals surface area (Å²) >= 11 is 0. The summed E-state index contributed by atoms with van der Waals surface area (Å²) in [4.78, 5) is 32.2. The highest BCUT2D eigenvalue weighted by molar-refractivity contribution is 5.96. The summed E-state index contributed by atoms with van der Waals surface area (Å²) in [6, 6.07) is 17.3. The first-order chi connectivity index (χ1) is 16.5. The third kappa shape index (κ3) is 5.15. The average molecular weight is 461 g/mol. The first-order valence-electron chi connectivity index (χ1n) is 11.6. The average Bonchev–Trinajstić information content (AvgIpc) is 3.37. The van der Waals surface area contributed by atoms with Crippen LogP contribution in [-0.2, 0) is 11.3 Å². The molecule has 1 aromatic heterocycles. The van der Waals surface area contributed by atoms with E-state index in [0.29, 0.717) is 30.9 Å². The van der Waals surface area contributed by atoms with Crippen LogP contribution in [0.5, 0.6) is 5.75 Å². The van der Waals surface area contributed by atoms with E-state index >= 15 is 0 Å². The number of hydrogen-bond donors (Lipinski definition) is 0. The zero-order chi connectivity index (χ0) is 24.1. The molecule has 0 fully saturated rings. The summed E-state index contributed by atoms with van der Waals surface area (Å²) in [5.41, 5.74) is 3.26. The van der Waals surface area contributed by atoms with E-state index in [2.05, 4.69) is 11.9 Å². The summed E-state index contributed by atoms with van der Waals surface area (Å²) < 4.78 is 7.48. The number of fused-ring (bicyclic) bond motifs is 1. The Bertz CT molecular complexity index is 1140. The number of methoxy groups -OCH3 is 1. The first-order valence-corrected chi connectivity index (χ1v) is 11.6. The number of rotatable bonds is 3. The molecule has 2 amide bonds. The summed E-state index contributed by atoms with van der Waals surface area (Å²) in [5, 5.41) is 0. The van der Waals surface area contributed by atoms with E-state index in [-0.39, 0.29) is 11.8 Å². The van der Waals surface area contributed by atoms with Gasteiger partial charge in [-0.15, -0.1) is 0 Å². The Morgan fingerprint density at radius 2 is 1.65 bits per heavy atom. The number of ether oxygens (including phenoxy) is 1. The van der Waals surface area contributed by atoms with E-state index in [1.54, 1.807) is 14.0 Å². The van der Waals surface area contributed by atoms with Gasteiger partial charge in [0.2, 0.25) is 5.91 Å². The van der Waals surface area contributed by atoms with Gasteiger partial charge < -0.3 is 24.0 Å². The minimum atomic E-state index is -0.0483. The predicted molar refractivity (Wildman–Crippen MR) is 134 cm³/mol. The summed E-state index contributed by atoms with van der Waals surface area (Å²) in [7, 11) is 3.69. The minimum Gasteiger partial charge on any atom is -0.495 e. The highest BCUT2D eigenvalue weighted by atomic mass is 16.5. The van der Waals surface area contributed by atoms with Gasteiger partial charge in [-0.25, -0.2) is 0 Å². The van der Waals surface area contributed by atoms with Crippen LogP contribution in [0.15, 0.2) is 67.0 Å². The summed E-state index contributed by atoms with van der Waals surface area (Å²) in [6.07, 6.45) is 4.74. The number of nitrogens with zero attached hydrogens (tertiary/aromatic N) is 4. The molecule has 0 bridgehead atoms. The molecule has 0 spiro atoms. The zero-order valence-corrected chi connectivity index (χ0v) is 20.1. The second kappa shape index (κ2) is 10.6. The maximum absolute atomic E-state index is 13.8. The van der Waals surface area contributed by atoms with Gasteiger partial charge in [0.25, 0.3) is 5.91 Å². The van der Waals surface area contributed by atoms with Crippen LogP contribution in [0.1, 0.15) is 29.3 Å². The van der Waals surface area contributed by atoms with Crippen LogP contribution in [0.4, 0.5) is 5.69 Å².